The summed E-state index contributed by atoms with van der Waals surface area (Å²) in [5.74, 6) is 0.900. The number of aliphatic hydroxyl groups excluding tert-OH is 1. The molecule has 3 heteroatoms. The van der Waals surface area contributed by atoms with Gasteiger partial charge in [-0.05, 0) is 32.5 Å². The molecule has 0 aliphatic rings. The SMILES string of the molecule is CNC(CO)CSc1ccc(C)cc1C. The van der Waals surface area contributed by atoms with Gasteiger partial charge >= 0.3 is 0 Å². The van der Waals surface area contributed by atoms with Gasteiger partial charge in [0.15, 0.2) is 0 Å². The third-order valence-corrected chi connectivity index (χ3v) is 3.74. The van der Waals surface area contributed by atoms with Crippen LogP contribution < -0.4 is 5.32 Å². The summed E-state index contributed by atoms with van der Waals surface area (Å²) in [4.78, 5) is 1.30. The van der Waals surface area contributed by atoms with Gasteiger partial charge in [-0.1, -0.05) is 17.7 Å². The van der Waals surface area contributed by atoms with Crippen molar-refractivity contribution in [2.45, 2.75) is 24.8 Å². The summed E-state index contributed by atoms with van der Waals surface area (Å²) in [6, 6.07) is 6.65. The smallest absolute Gasteiger partial charge is 0.0592 e. The quantitative estimate of drug-likeness (QED) is 0.752. The normalized spacial score (nSPS) is 12.8. The zero-order valence-electron chi connectivity index (χ0n) is 9.58. The fourth-order valence-corrected chi connectivity index (χ4v) is 2.48. The number of aliphatic hydroxyl groups is 1. The van der Waals surface area contributed by atoms with Gasteiger partial charge in [0, 0.05) is 16.7 Å². The maximum Gasteiger partial charge on any atom is 0.0592 e. The second-order valence-corrected chi connectivity index (χ2v) is 4.81. The van der Waals surface area contributed by atoms with Crippen LogP contribution in [-0.4, -0.2) is 30.6 Å². The number of nitrogens with one attached hydrogen (secondary N) is 1. The van der Waals surface area contributed by atoms with Crippen molar-refractivity contribution in [1.29, 1.82) is 0 Å². The number of benzene rings is 1. The van der Waals surface area contributed by atoms with Gasteiger partial charge < -0.3 is 10.4 Å². The molecule has 1 rings (SSSR count). The third-order valence-electron chi connectivity index (χ3n) is 2.40. The Morgan fingerprint density at radius 1 is 1.40 bits per heavy atom. The summed E-state index contributed by atoms with van der Waals surface area (Å²) in [5, 5.41) is 12.1. The lowest BCUT2D eigenvalue weighted by molar-refractivity contribution is 0.260. The van der Waals surface area contributed by atoms with Crippen molar-refractivity contribution in [3.8, 4) is 0 Å². The Morgan fingerprint density at radius 3 is 2.67 bits per heavy atom. The molecule has 2 nitrogen and oxygen atoms in total. The van der Waals surface area contributed by atoms with E-state index >= 15 is 0 Å². The molecular formula is C12H19NOS. The van der Waals surface area contributed by atoms with E-state index in [1.807, 2.05) is 7.05 Å². The van der Waals surface area contributed by atoms with E-state index in [-0.39, 0.29) is 12.6 Å². The Bertz CT molecular complexity index is 310. The van der Waals surface area contributed by atoms with Crippen LogP contribution in [0.25, 0.3) is 0 Å². The number of rotatable bonds is 5. The van der Waals surface area contributed by atoms with Gasteiger partial charge in [0.25, 0.3) is 0 Å². The fraction of sp³-hybridized carbons (Fsp3) is 0.500. The lowest BCUT2D eigenvalue weighted by atomic mass is 10.2. The largest absolute Gasteiger partial charge is 0.395 e. The van der Waals surface area contributed by atoms with Gasteiger partial charge in [-0.25, -0.2) is 0 Å². The maximum atomic E-state index is 9.04. The molecule has 0 saturated heterocycles. The van der Waals surface area contributed by atoms with Crippen LogP contribution in [0.3, 0.4) is 0 Å². The van der Waals surface area contributed by atoms with Crippen LogP contribution in [-0.2, 0) is 0 Å². The molecule has 0 fully saturated rings. The van der Waals surface area contributed by atoms with E-state index in [9.17, 15) is 0 Å². The standard InChI is InChI=1S/C12H19NOS/c1-9-4-5-12(10(2)6-9)15-8-11(7-14)13-3/h4-6,11,13-14H,7-8H2,1-3H3. The van der Waals surface area contributed by atoms with Crippen LogP contribution in [0.1, 0.15) is 11.1 Å². The zero-order chi connectivity index (χ0) is 11.3. The average Bonchev–Trinajstić information content (AvgIpc) is 2.22. The molecule has 84 valence electrons. The van der Waals surface area contributed by atoms with Crippen molar-refractivity contribution >= 4 is 11.8 Å². The summed E-state index contributed by atoms with van der Waals surface area (Å²) in [6.07, 6.45) is 0. The molecule has 1 unspecified atom stereocenters. The van der Waals surface area contributed by atoms with E-state index in [1.54, 1.807) is 11.8 Å². The predicted molar refractivity (Wildman–Crippen MR) is 66.6 cm³/mol. The zero-order valence-corrected chi connectivity index (χ0v) is 10.4. The molecule has 0 aliphatic carbocycles. The van der Waals surface area contributed by atoms with Crippen molar-refractivity contribution in [2.75, 3.05) is 19.4 Å². The number of aryl methyl sites for hydroxylation is 2. The highest BCUT2D eigenvalue weighted by atomic mass is 32.2. The molecule has 0 bridgehead atoms. The van der Waals surface area contributed by atoms with Crippen LogP contribution in [0.5, 0.6) is 0 Å². The van der Waals surface area contributed by atoms with E-state index in [0.29, 0.717) is 0 Å². The van der Waals surface area contributed by atoms with Crippen molar-refractivity contribution in [1.82, 2.24) is 5.32 Å². The fourth-order valence-electron chi connectivity index (χ4n) is 1.38. The topological polar surface area (TPSA) is 32.3 Å². The van der Waals surface area contributed by atoms with Crippen LogP contribution in [0.15, 0.2) is 23.1 Å². The Morgan fingerprint density at radius 2 is 2.13 bits per heavy atom. The Kier molecular flexibility index (Phi) is 5.15. The molecule has 0 heterocycles. The summed E-state index contributed by atoms with van der Waals surface area (Å²) < 4.78 is 0. The molecule has 15 heavy (non-hydrogen) atoms. The summed E-state index contributed by atoms with van der Waals surface area (Å²) >= 11 is 1.79. The number of hydrogen-bond acceptors (Lipinski definition) is 3. The monoisotopic (exact) mass is 225 g/mol. The van der Waals surface area contributed by atoms with Gasteiger partial charge in [0.2, 0.25) is 0 Å². The summed E-state index contributed by atoms with van der Waals surface area (Å²) in [7, 11) is 1.88. The lowest BCUT2D eigenvalue weighted by Gasteiger charge is -2.13. The van der Waals surface area contributed by atoms with E-state index in [1.165, 1.54) is 16.0 Å². The average molecular weight is 225 g/mol. The third kappa shape index (κ3) is 3.86. The van der Waals surface area contributed by atoms with Crippen molar-refractivity contribution < 1.29 is 5.11 Å². The molecule has 1 aromatic carbocycles. The highest BCUT2D eigenvalue weighted by Crippen LogP contribution is 2.23. The first kappa shape index (κ1) is 12.6. The Labute approximate surface area is 96.1 Å². The second kappa shape index (κ2) is 6.16. The van der Waals surface area contributed by atoms with Crippen LogP contribution in [0.4, 0.5) is 0 Å². The van der Waals surface area contributed by atoms with Crippen molar-refractivity contribution in [3.05, 3.63) is 29.3 Å². The predicted octanol–water partition coefficient (Wildman–Crippen LogP) is 1.98. The van der Waals surface area contributed by atoms with E-state index in [4.69, 9.17) is 5.11 Å². The number of thioether (sulfide) groups is 1. The second-order valence-electron chi connectivity index (χ2n) is 3.75. The van der Waals surface area contributed by atoms with Crippen LogP contribution >= 0.6 is 11.8 Å². The van der Waals surface area contributed by atoms with Gasteiger partial charge in [-0.2, -0.15) is 0 Å². The molecule has 2 N–H and O–H groups in total. The van der Waals surface area contributed by atoms with Crippen LogP contribution in [0.2, 0.25) is 0 Å². The first-order valence-electron chi connectivity index (χ1n) is 5.15. The van der Waals surface area contributed by atoms with Gasteiger partial charge in [0.05, 0.1) is 6.61 Å². The highest BCUT2D eigenvalue weighted by Gasteiger charge is 2.06. The van der Waals surface area contributed by atoms with E-state index in [0.717, 1.165) is 5.75 Å². The summed E-state index contributed by atoms with van der Waals surface area (Å²) in [5.41, 5.74) is 2.61. The lowest BCUT2D eigenvalue weighted by Crippen LogP contribution is -2.31. The molecule has 0 amide bonds. The van der Waals surface area contributed by atoms with E-state index in [2.05, 4.69) is 37.4 Å². The van der Waals surface area contributed by atoms with Gasteiger partial charge in [-0.15, -0.1) is 11.8 Å². The van der Waals surface area contributed by atoms with Crippen molar-refractivity contribution in [3.63, 3.8) is 0 Å². The number of hydrogen-bond donors (Lipinski definition) is 2. The first-order valence-corrected chi connectivity index (χ1v) is 6.14. The van der Waals surface area contributed by atoms with Gasteiger partial charge in [-0.3, -0.25) is 0 Å². The molecule has 1 aromatic rings. The molecular weight excluding hydrogens is 206 g/mol. The number of likely N-dealkylation sites (N-methyl/N-ethyl adjacent to an activating group) is 1. The molecule has 0 aliphatic heterocycles. The minimum Gasteiger partial charge on any atom is -0.395 e. The maximum absolute atomic E-state index is 9.04. The Hall–Kier alpha value is -0.510. The Balaban J connectivity index is 2.57. The van der Waals surface area contributed by atoms with Crippen molar-refractivity contribution in [2.24, 2.45) is 0 Å². The minimum atomic E-state index is 0.177. The molecule has 0 radical (unpaired) electrons. The van der Waals surface area contributed by atoms with E-state index < -0.39 is 0 Å². The molecule has 0 spiro atoms. The van der Waals surface area contributed by atoms with Crippen LogP contribution in [0, 0.1) is 13.8 Å². The molecule has 0 aromatic heterocycles. The van der Waals surface area contributed by atoms with Gasteiger partial charge in [0.1, 0.15) is 0 Å². The minimum absolute atomic E-state index is 0.177. The summed E-state index contributed by atoms with van der Waals surface area (Å²) in [6.45, 7) is 4.42. The molecule has 0 saturated carbocycles. The first-order chi connectivity index (χ1) is 7.17. The highest BCUT2D eigenvalue weighted by molar-refractivity contribution is 7.99. The molecule has 1 atom stereocenters.